The molecule has 1 aromatic carbocycles. The zero-order chi connectivity index (χ0) is 33.1. The molecule has 0 saturated carbocycles. The van der Waals surface area contributed by atoms with Gasteiger partial charge in [0.25, 0.3) is 0 Å². The summed E-state index contributed by atoms with van der Waals surface area (Å²) in [6.07, 6.45) is 4.87. The van der Waals surface area contributed by atoms with Crippen LogP contribution in [-0.4, -0.2) is 57.4 Å². The molecule has 0 unspecified atom stereocenters. The van der Waals surface area contributed by atoms with Crippen LogP contribution in [-0.2, 0) is 28.9 Å². The second kappa shape index (κ2) is 14.0. The van der Waals surface area contributed by atoms with Crippen molar-refractivity contribution < 1.29 is 14.6 Å². The summed E-state index contributed by atoms with van der Waals surface area (Å²) in [5, 5.41) is 8.97. The first kappa shape index (κ1) is 34.6. The largest absolute Gasteiger partial charge is 0.463 e. The molecular weight excluding hydrogens is 586 g/mol. The van der Waals surface area contributed by atoms with Gasteiger partial charge in [0.15, 0.2) is 0 Å². The zero-order valence-corrected chi connectivity index (χ0v) is 29.3. The summed E-state index contributed by atoms with van der Waals surface area (Å²) in [5.74, 6) is 0.455. The van der Waals surface area contributed by atoms with Gasteiger partial charge in [0.05, 0.1) is 23.8 Å². The van der Waals surface area contributed by atoms with Crippen LogP contribution in [0.1, 0.15) is 89.4 Å². The number of fused-ring (bicyclic) bond motifs is 1. The Morgan fingerprint density at radius 3 is 2.31 bits per heavy atom. The predicted octanol–water partition coefficient (Wildman–Crippen LogP) is 7.27. The fraction of sp³-hybridized carbons (Fsp3) is 0.556. The number of piperidine rings is 1. The average Bonchev–Trinajstić information content (AvgIpc) is 2.92. The Hall–Kier alpha value is -3.23. The van der Waals surface area contributed by atoms with Crippen LogP contribution in [0.3, 0.4) is 0 Å². The molecule has 45 heavy (non-hydrogen) atoms. The van der Waals surface area contributed by atoms with E-state index in [9.17, 15) is 4.79 Å². The summed E-state index contributed by atoms with van der Waals surface area (Å²) in [6, 6.07) is 8.44. The van der Waals surface area contributed by atoms with Gasteiger partial charge in [0.1, 0.15) is 5.15 Å². The number of benzene rings is 1. The molecule has 3 aromatic rings. The SMILES string of the molecule is CC(C)(C)O.Cc1nc(C)c(-c2ccc3c(c2)CCN(c2nccc(Cl)n2)C3)c(N2CCC(C)(C)CC2)c1CC(=O)OC(C)C. The lowest BCUT2D eigenvalue weighted by Crippen LogP contribution is -2.38. The Balaban J connectivity index is 0.000000854. The van der Waals surface area contributed by atoms with Crippen LogP contribution in [0.15, 0.2) is 30.5 Å². The van der Waals surface area contributed by atoms with E-state index in [1.54, 1.807) is 33.0 Å². The van der Waals surface area contributed by atoms with Gasteiger partial charge in [-0.3, -0.25) is 9.78 Å². The van der Waals surface area contributed by atoms with Crippen LogP contribution in [0.4, 0.5) is 11.6 Å². The lowest BCUT2D eigenvalue weighted by molar-refractivity contribution is -0.146. The number of aromatic nitrogens is 3. The first-order valence-electron chi connectivity index (χ1n) is 16.0. The topological polar surface area (TPSA) is 91.7 Å². The first-order chi connectivity index (χ1) is 21.0. The van der Waals surface area contributed by atoms with Crippen molar-refractivity contribution in [3.8, 4) is 11.1 Å². The van der Waals surface area contributed by atoms with E-state index in [0.717, 1.165) is 79.2 Å². The van der Waals surface area contributed by atoms with Gasteiger partial charge in [-0.2, -0.15) is 0 Å². The fourth-order valence-corrected chi connectivity index (χ4v) is 6.05. The van der Waals surface area contributed by atoms with Gasteiger partial charge in [-0.25, -0.2) is 9.97 Å². The smallest absolute Gasteiger partial charge is 0.310 e. The molecule has 0 bridgehead atoms. The molecule has 2 aromatic heterocycles. The number of carbonyl (C=O) groups is 1. The van der Waals surface area contributed by atoms with Gasteiger partial charge in [-0.15, -0.1) is 0 Å². The van der Waals surface area contributed by atoms with E-state index < -0.39 is 5.60 Å². The van der Waals surface area contributed by atoms with E-state index in [2.05, 4.69) is 58.7 Å². The van der Waals surface area contributed by atoms with Gasteiger partial charge in [-0.1, -0.05) is 43.6 Å². The number of esters is 1. The summed E-state index contributed by atoms with van der Waals surface area (Å²) >= 11 is 6.13. The molecule has 1 saturated heterocycles. The van der Waals surface area contributed by atoms with Crippen molar-refractivity contribution in [2.24, 2.45) is 5.41 Å². The van der Waals surface area contributed by atoms with Crippen LogP contribution in [0.2, 0.25) is 5.15 Å². The predicted molar refractivity (Wildman–Crippen MR) is 183 cm³/mol. The number of ether oxygens (including phenoxy) is 1. The van der Waals surface area contributed by atoms with Gasteiger partial charge in [-0.05, 0) is 95.9 Å². The minimum absolute atomic E-state index is 0.151. The van der Waals surface area contributed by atoms with Crippen LogP contribution >= 0.6 is 11.6 Å². The molecule has 1 N–H and O–H groups in total. The summed E-state index contributed by atoms with van der Waals surface area (Å²) in [7, 11) is 0. The molecule has 4 heterocycles. The highest BCUT2D eigenvalue weighted by molar-refractivity contribution is 6.29. The Bertz CT molecular complexity index is 1500. The molecule has 0 atom stereocenters. The minimum atomic E-state index is -0.500. The van der Waals surface area contributed by atoms with Crippen LogP contribution in [0.25, 0.3) is 11.1 Å². The van der Waals surface area contributed by atoms with E-state index in [1.165, 1.54) is 11.1 Å². The second-order valence-corrected chi connectivity index (χ2v) is 14.7. The third-order valence-corrected chi connectivity index (χ3v) is 8.39. The fourth-order valence-electron chi connectivity index (χ4n) is 5.92. The average molecular weight is 636 g/mol. The molecule has 0 aliphatic carbocycles. The molecule has 5 rings (SSSR count). The highest BCUT2D eigenvalue weighted by Gasteiger charge is 2.31. The van der Waals surface area contributed by atoms with Crippen molar-refractivity contribution in [2.45, 2.75) is 106 Å². The van der Waals surface area contributed by atoms with Gasteiger partial charge < -0.3 is 19.6 Å². The highest BCUT2D eigenvalue weighted by atomic mass is 35.5. The number of aliphatic hydroxyl groups is 1. The molecule has 0 radical (unpaired) electrons. The second-order valence-electron chi connectivity index (χ2n) is 14.4. The minimum Gasteiger partial charge on any atom is -0.463 e. The van der Waals surface area contributed by atoms with E-state index in [4.69, 9.17) is 26.4 Å². The number of nitrogens with zero attached hydrogens (tertiary/aromatic N) is 5. The third-order valence-electron chi connectivity index (χ3n) is 8.18. The Kier molecular flexibility index (Phi) is 10.8. The lowest BCUT2D eigenvalue weighted by atomic mass is 9.82. The summed E-state index contributed by atoms with van der Waals surface area (Å²) < 4.78 is 5.58. The summed E-state index contributed by atoms with van der Waals surface area (Å²) in [5.41, 5.74) is 8.68. The number of aryl methyl sites for hydroxylation is 2. The van der Waals surface area contributed by atoms with Gasteiger partial charge in [0.2, 0.25) is 5.95 Å². The number of halogens is 1. The van der Waals surface area contributed by atoms with Gasteiger partial charge >= 0.3 is 5.97 Å². The Labute approximate surface area is 274 Å². The Morgan fingerprint density at radius 2 is 1.69 bits per heavy atom. The molecule has 0 spiro atoms. The molecule has 8 nitrogen and oxygen atoms in total. The third kappa shape index (κ3) is 9.39. The van der Waals surface area contributed by atoms with E-state index in [0.29, 0.717) is 16.5 Å². The van der Waals surface area contributed by atoms with E-state index >= 15 is 0 Å². The molecule has 0 amide bonds. The number of pyridine rings is 1. The normalized spacial score (nSPS) is 16.2. The maximum absolute atomic E-state index is 12.9. The monoisotopic (exact) mass is 635 g/mol. The first-order valence-corrected chi connectivity index (χ1v) is 16.4. The van der Waals surface area contributed by atoms with Crippen LogP contribution in [0.5, 0.6) is 0 Å². The van der Waals surface area contributed by atoms with Crippen molar-refractivity contribution >= 4 is 29.2 Å². The number of hydrogen-bond donors (Lipinski definition) is 1. The lowest BCUT2D eigenvalue weighted by Gasteiger charge is -2.40. The van der Waals surface area contributed by atoms with Crippen LogP contribution in [0, 0.1) is 19.3 Å². The van der Waals surface area contributed by atoms with Gasteiger partial charge in [0, 0.05) is 54.9 Å². The summed E-state index contributed by atoms with van der Waals surface area (Å²) in [4.78, 5) is 31.4. The molecule has 2 aliphatic heterocycles. The van der Waals surface area contributed by atoms with Crippen molar-refractivity contribution in [1.82, 2.24) is 15.0 Å². The molecule has 2 aliphatic rings. The standard InChI is InChI=1S/C32H40ClN5O2.C4H10O/c1-20(2)40-28(39)18-26-21(3)35-22(4)29(30(26)37-15-11-32(5,6)12-16-37)24-7-8-25-19-38(14-10-23(25)17-24)31-34-13-9-27(33)36-31;1-4(2,3)5/h7-9,13,17,20H,10-12,14-16,18-19H2,1-6H3;5H,1-3H3. The summed E-state index contributed by atoms with van der Waals surface area (Å²) in [6.45, 7) is 21.3. The molecule has 9 heteroatoms. The molecule has 244 valence electrons. The van der Waals surface area contributed by atoms with Crippen molar-refractivity contribution in [2.75, 3.05) is 29.4 Å². The molecular formula is C36H50ClN5O3. The van der Waals surface area contributed by atoms with Crippen molar-refractivity contribution in [3.05, 3.63) is 63.7 Å². The van der Waals surface area contributed by atoms with Crippen molar-refractivity contribution in [1.29, 1.82) is 0 Å². The maximum atomic E-state index is 12.9. The molecule has 1 fully saturated rings. The number of hydrogen-bond acceptors (Lipinski definition) is 8. The quantitative estimate of drug-likeness (QED) is 0.223. The van der Waals surface area contributed by atoms with Crippen LogP contribution < -0.4 is 9.80 Å². The van der Waals surface area contributed by atoms with E-state index in [1.807, 2.05) is 20.8 Å². The Morgan fingerprint density at radius 1 is 1.02 bits per heavy atom. The van der Waals surface area contributed by atoms with Crippen molar-refractivity contribution in [3.63, 3.8) is 0 Å². The highest BCUT2D eigenvalue weighted by Crippen LogP contribution is 2.42. The zero-order valence-electron chi connectivity index (χ0n) is 28.5. The number of anilines is 2. The maximum Gasteiger partial charge on any atom is 0.310 e. The number of carbonyl (C=O) groups excluding carboxylic acids is 1. The van der Waals surface area contributed by atoms with E-state index in [-0.39, 0.29) is 18.5 Å². The number of rotatable bonds is 6.